The summed E-state index contributed by atoms with van der Waals surface area (Å²) in [5.41, 5.74) is 6.65. The van der Waals surface area contributed by atoms with Crippen LogP contribution in [0.2, 0.25) is 0 Å². The molecule has 3 aromatic rings. The molecule has 0 aliphatic rings. The van der Waals surface area contributed by atoms with Crippen LogP contribution in [0.15, 0.2) is 39.7 Å². The smallest absolute Gasteiger partial charge is 0.280 e. The van der Waals surface area contributed by atoms with Crippen LogP contribution in [0.25, 0.3) is 23.1 Å². The molecule has 0 atom stereocenters. The summed E-state index contributed by atoms with van der Waals surface area (Å²) in [6, 6.07) is 3.62. The lowest BCUT2D eigenvalue weighted by molar-refractivity contribution is 0.431. The van der Waals surface area contributed by atoms with E-state index >= 15 is 0 Å². The van der Waals surface area contributed by atoms with E-state index in [1.807, 2.05) is 6.07 Å². The number of hydrogen-bond acceptors (Lipinski definition) is 7. The number of aromatic nitrogens is 5. The highest BCUT2D eigenvalue weighted by Gasteiger charge is 2.15. The molecule has 0 aliphatic heterocycles. The first-order valence-electron chi connectivity index (χ1n) is 5.26. The Morgan fingerprint density at radius 2 is 1.95 bits per heavy atom. The predicted octanol–water partition coefficient (Wildman–Crippen LogP) is 1.93. The summed E-state index contributed by atoms with van der Waals surface area (Å²) in [6.07, 6.45) is 4.65. The van der Waals surface area contributed by atoms with Gasteiger partial charge in [-0.15, -0.1) is 0 Å². The van der Waals surface area contributed by atoms with Gasteiger partial charge in [0.2, 0.25) is 5.82 Å². The van der Waals surface area contributed by atoms with Crippen molar-refractivity contribution in [3.05, 3.63) is 35.2 Å². The fourth-order valence-corrected chi connectivity index (χ4v) is 1.68. The van der Waals surface area contributed by atoms with Crippen molar-refractivity contribution in [1.29, 1.82) is 0 Å². The monoisotopic (exact) mass is 318 g/mol. The van der Waals surface area contributed by atoms with Crippen LogP contribution in [0.4, 0.5) is 5.82 Å². The third-order valence-electron chi connectivity index (χ3n) is 2.31. The van der Waals surface area contributed by atoms with Crippen LogP contribution in [0.5, 0.6) is 0 Å². The predicted molar refractivity (Wildman–Crippen MR) is 70.7 cm³/mol. The lowest BCUT2D eigenvalue weighted by Crippen LogP contribution is -1.96. The number of rotatable bonds is 2. The minimum absolute atomic E-state index is 0.213. The van der Waals surface area contributed by atoms with Crippen LogP contribution in [0.1, 0.15) is 0 Å². The van der Waals surface area contributed by atoms with E-state index in [-0.39, 0.29) is 11.7 Å². The quantitative estimate of drug-likeness (QED) is 0.769. The molecule has 0 bridgehead atoms. The molecule has 8 heteroatoms. The summed E-state index contributed by atoms with van der Waals surface area (Å²) in [6.45, 7) is 0. The molecular formula is C11H7BrN6O. The van der Waals surface area contributed by atoms with Gasteiger partial charge in [-0.25, -0.2) is 9.97 Å². The largest absolute Gasteiger partial charge is 0.382 e. The number of hydrogen-bond donors (Lipinski definition) is 1. The first-order valence-corrected chi connectivity index (χ1v) is 6.06. The number of anilines is 1. The Balaban J connectivity index is 2.00. The molecule has 0 fully saturated rings. The van der Waals surface area contributed by atoms with E-state index in [2.05, 4.69) is 41.0 Å². The number of pyridine rings is 1. The Labute approximate surface area is 116 Å². The average molecular weight is 319 g/mol. The fraction of sp³-hybridized carbons (Fsp3) is 0. The molecule has 0 saturated heterocycles. The number of halogens is 1. The van der Waals surface area contributed by atoms with Gasteiger partial charge in [-0.3, -0.25) is 4.98 Å². The van der Waals surface area contributed by atoms with Gasteiger partial charge < -0.3 is 10.3 Å². The third kappa shape index (κ3) is 2.29. The van der Waals surface area contributed by atoms with E-state index in [4.69, 9.17) is 10.3 Å². The number of nitrogen functional groups attached to an aromatic ring is 1. The summed E-state index contributed by atoms with van der Waals surface area (Å²) in [5, 5.41) is 3.85. The minimum Gasteiger partial charge on any atom is -0.382 e. The zero-order valence-corrected chi connectivity index (χ0v) is 11.1. The van der Waals surface area contributed by atoms with Gasteiger partial charge in [0.1, 0.15) is 5.69 Å². The maximum atomic E-state index is 5.70. The molecule has 0 aromatic carbocycles. The zero-order valence-electron chi connectivity index (χ0n) is 9.49. The second-order valence-corrected chi connectivity index (χ2v) is 4.49. The lowest BCUT2D eigenvalue weighted by Gasteiger charge is -1.95. The summed E-state index contributed by atoms with van der Waals surface area (Å²) in [7, 11) is 0. The zero-order chi connectivity index (χ0) is 13.2. The molecule has 0 radical (unpaired) electrons. The Bertz CT molecular complexity index is 711. The molecule has 2 N–H and O–H groups in total. The van der Waals surface area contributed by atoms with Crippen molar-refractivity contribution < 1.29 is 4.52 Å². The van der Waals surface area contributed by atoms with E-state index in [9.17, 15) is 0 Å². The standard InChI is InChI=1S/C11H7BrN6O/c12-6-1-2-7(16-5-6)10-17-11(19-18-10)8-9(13)15-4-3-14-8/h1-5H,(H2,13,15). The van der Waals surface area contributed by atoms with Gasteiger partial charge in [0.05, 0.1) is 0 Å². The van der Waals surface area contributed by atoms with Crippen LogP contribution in [0, 0.1) is 0 Å². The summed E-state index contributed by atoms with van der Waals surface area (Å²) < 4.78 is 5.99. The lowest BCUT2D eigenvalue weighted by atomic mass is 10.3. The van der Waals surface area contributed by atoms with Gasteiger partial charge in [0, 0.05) is 23.1 Å². The Kier molecular flexibility index (Phi) is 2.92. The van der Waals surface area contributed by atoms with E-state index in [0.717, 1.165) is 4.47 Å². The van der Waals surface area contributed by atoms with Crippen LogP contribution in [0.3, 0.4) is 0 Å². The molecule has 94 valence electrons. The van der Waals surface area contributed by atoms with E-state index < -0.39 is 0 Å². The summed E-state index contributed by atoms with van der Waals surface area (Å²) in [5.74, 6) is 0.819. The normalized spacial score (nSPS) is 10.6. The van der Waals surface area contributed by atoms with Crippen molar-refractivity contribution in [2.24, 2.45) is 0 Å². The molecule has 3 rings (SSSR count). The first kappa shape index (κ1) is 11.7. The topological polar surface area (TPSA) is 104 Å². The van der Waals surface area contributed by atoms with Crippen molar-refractivity contribution in [2.45, 2.75) is 0 Å². The molecule has 3 aromatic heterocycles. The van der Waals surface area contributed by atoms with Gasteiger partial charge in [0.25, 0.3) is 5.89 Å². The molecule has 0 saturated carbocycles. The highest BCUT2D eigenvalue weighted by Crippen LogP contribution is 2.22. The Morgan fingerprint density at radius 3 is 2.68 bits per heavy atom. The highest BCUT2D eigenvalue weighted by atomic mass is 79.9. The Hall–Kier alpha value is -2.35. The van der Waals surface area contributed by atoms with Crippen molar-refractivity contribution in [3.63, 3.8) is 0 Å². The number of nitrogens with zero attached hydrogens (tertiary/aromatic N) is 5. The minimum atomic E-state index is 0.213. The van der Waals surface area contributed by atoms with Crippen LogP contribution in [-0.4, -0.2) is 25.1 Å². The van der Waals surface area contributed by atoms with Gasteiger partial charge in [-0.1, -0.05) is 5.16 Å². The van der Waals surface area contributed by atoms with Crippen LogP contribution in [-0.2, 0) is 0 Å². The van der Waals surface area contributed by atoms with Crippen molar-refractivity contribution in [2.75, 3.05) is 5.73 Å². The Morgan fingerprint density at radius 1 is 1.11 bits per heavy atom. The van der Waals surface area contributed by atoms with Crippen molar-refractivity contribution >= 4 is 21.7 Å². The SMILES string of the molecule is Nc1nccnc1-c1nc(-c2ccc(Br)cn2)no1. The molecule has 0 unspecified atom stereocenters. The number of nitrogens with two attached hydrogens (primary N) is 1. The summed E-state index contributed by atoms with van der Waals surface area (Å²) in [4.78, 5) is 16.4. The van der Waals surface area contributed by atoms with E-state index in [1.54, 1.807) is 12.3 Å². The maximum Gasteiger partial charge on any atom is 0.280 e. The van der Waals surface area contributed by atoms with Gasteiger partial charge >= 0.3 is 0 Å². The molecular weight excluding hydrogens is 312 g/mol. The van der Waals surface area contributed by atoms with Gasteiger partial charge in [0.15, 0.2) is 11.5 Å². The highest BCUT2D eigenvalue weighted by molar-refractivity contribution is 9.10. The van der Waals surface area contributed by atoms with E-state index in [1.165, 1.54) is 12.4 Å². The average Bonchev–Trinajstić information content (AvgIpc) is 2.89. The fourth-order valence-electron chi connectivity index (χ4n) is 1.45. The molecule has 3 heterocycles. The molecule has 0 spiro atoms. The van der Waals surface area contributed by atoms with Crippen LogP contribution < -0.4 is 5.73 Å². The van der Waals surface area contributed by atoms with Crippen molar-refractivity contribution in [3.8, 4) is 23.1 Å². The van der Waals surface area contributed by atoms with E-state index in [0.29, 0.717) is 17.2 Å². The van der Waals surface area contributed by atoms with Gasteiger partial charge in [-0.2, -0.15) is 4.98 Å². The molecule has 0 aliphatic carbocycles. The van der Waals surface area contributed by atoms with Crippen LogP contribution >= 0.6 is 15.9 Å². The molecule has 7 nitrogen and oxygen atoms in total. The summed E-state index contributed by atoms with van der Waals surface area (Å²) >= 11 is 3.31. The van der Waals surface area contributed by atoms with Crippen molar-refractivity contribution in [1.82, 2.24) is 25.1 Å². The molecule has 0 amide bonds. The third-order valence-corrected chi connectivity index (χ3v) is 2.78. The van der Waals surface area contributed by atoms with Gasteiger partial charge in [-0.05, 0) is 28.1 Å². The second kappa shape index (κ2) is 4.73. The first-order chi connectivity index (χ1) is 9.24. The molecule has 19 heavy (non-hydrogen) atoms. The maximum absolute atomic E-state index is 5.70. The second-order valence-electron chi connectivity index (χ2n) is 3.57.